The minimum atomic E-state index is 0.183. The molecule has 0 amide bonds. The highest BCUT2D eigenvalue weighted by Crippen LogP contribution is 2.33. The lowest BCUT2D eigenvalue weighted by molar-refractivity contribution is 0.527. The molecule has 2 rings (SSSR count). The van der Waals surface area contributed by atoms with E-state index in [0.29, 0.717) is 10.0 Å². The molecule has 0 N–H and O–H groups in total. The van der Waals surface area contributed by atoms with E-state index in [2.05, 4.69) is 9.97 Å². The Morgan fingerprint density at radius 2 is 2.20 bits per heavy atom. The van der Waals surface area contributed by atoms with Crippen molar-refractivity contribution < 1.29 is 4.42 Å². The van der Waals surface area contributed by atoms with E-state index in [-0.39, 0.29) is 5.28 Å². The van der Waals surface area contributed by atoms with E-state index in [0.717, 1.165) is 10.7 Å². The molecule has 6 heteroatoms. The molecule has 0 fully saturated rings. The molecule has 2 aromatic rings. The second kappa shape index (κ2) is 4.43. The van der Waals surface area contributed by atoms with E-state index in [1.165, 1.54) is 18.0 Å². The normalized spacial score (nSPS) is 10.6. The van der Waals surface area contributed by atoms with E-state index in [4.69, 9.17) is 27.6 Å². The van der Waals surface area contributed by atoms with Crippen molar-refractivity contribution in [2.75, 3.05) is 0 Å². The van der Waals surface area contributed by atoms with Crippen LogP contribution in [0.2, 0.25) is 10.3 Å². The molecular formula is C9H6Cl2N2OS. The number of furan rings is 1. The van der Waals surface area contributed by atoms with Crippen LogP contribution < -0.4 is 0 Å². The van der Waals surface area contributed by atoms with Crippen LogP contribution in [0.25, 0.3) is 0 Å². The van der Waals surface area contributed by atoms with Gasteiger partial charge in [-0.1, -0.05) is 23.4 Å². The molecule has 78 valence electrons. The van der Waals surface area contributed by atoms with Crippen LogP contribution in [0.4, 0.5) is 0 Å². The summed E-state index contributed by atoms with van der Waals surface area (Å²) in [5.74, 6) is 0.825. The van der Waals surface area contributed by atoms with Gasteiger partial charge in [-0.3, -0.25) is 0 Å². The average Bonchev–Trinajstić information content (AvgIpc) is 2.58. The van der Waals surface area contributed by atoms with Gasteiger partial charge in [-0.15, -0.1) is 0 Å². The van der Waals surface area contributed by atoms with Gasteiger partial charge >= 0.3 is 0 Å². The molecule has 0 saturated carbocycles. The first-order valence-electron chi connectivity index (χ1n) is 4.07. The number of hydrogen-bond donors (Lipinski definition) is 0. The van der Waals surface area contributed by atoms with Crippen molar-refractivity contribution in [3.63, 3.8) is 0 Å². The molecule has 3 nitrogen and oxygen atoms in total. The third-order valence-electron chi connectivity index (χ3n) is 1.70. The predicted molar refractivity (Wildman–Crippen MR) is 59.6 cm³/mol. The van der Waals surface area contributed by atoms with Crippen LogP contribution in [0, 0.1) is 6.92 Å². The van der Waals surface area contributed by atoms with Gasteiger partial charge in [-0.25, -0.2) is 9.97 Å². The van der Waals surface area contributed by atoms with Crippen molar-refractivity contribution in [2.45, 2.75) is 16.8 Å². The summed E-state index contributed by atoms with van der Waals surface area (Å²) in [5.41, 5.74) is 0. The quantitative estimate of drug-likeness (QED) is 0.608. The zero-order chi connectivity index (χ0) is 10.8. The van der Waals surface area contributed by atoms with Crippen molar-refractivity contribution >= 4 is 35.0 Å². The topological polar surface area (TPSA) is 38.9 Å². The highest BCUT2D eigenvalue weighted by atomic mass is 35.5. The van der Waals surface area contributed by atoms with Gasteiger partial charge in [0.05, 0.1) is 22.4 Å². The van der Waals surface area contributed by atoms with Crippen LogP contribution in [-0.2, 0) is 0 Å². The summed E-state index contributed by atoms with van der Waals surface area (Å²) in [4.78, 5) is 8.77. The summed E-state index contributed by atoms with van der Waals surface area (Å²) in [6, 6.07) is 1.85. The van der Waals surface area contributed by atoms with Crippen LogP contribution in [0.5, 0.6) is 0 Å². The smallest absolute Gasteiger partial charge is 0.223 e. The standard InChI is InChI=1S/C9H6Cl2N2OS/c1-5-7(2-3-14-5)15-8-6(10)4-12-9(11)13-8/h2-4H,1H3. The van der Waals surface area contributed by atoms with Gasteiger partial charge in [0.25, 0.3) is 0 Å². The minimum Gasteiger partial charge on any atom is -0.468 e. The first-order chi connectivity index (χ1) is 7.16. The molecule has 2 aromatic heterocycles. The Morgan fingerprint density at radius 3 is 2.87 bits per heavy atom. The van der Waals surface area contributed by atoms with Gasteiger partial charge in [-0.05, 0) is 24.6 Å². The van der Waals surface area contributed by atoms with Crippen LogP contribution in [-0.4, -0.2) is 9.97 Å². The van der Waals surface area contributed by atoms with Gasteiger partial charge in [-0.2, -0.15) is 0 Å². The highest BCUT2D eigenvalue weighted by Gasteiger charge is 2.09. The zero-order valence-corrected chi connectivity index (χ0v) is 10.0. The molecule has 0 spiro atoms. The maximum atomic E-state index is 5.93. The van der Waals surface area contributed by atoms with Gasteiger partial charge in [0.2, 0.25) is 5.28 Å². The number of aromatic nitrogens is 2. The maximum absolute atomic E-state index is 5.93. The highest BCUT2D eigenvalue weighted by molar-refractivity contribution is 7.99. The zero-order valence-electron chi connectivity index (χ0n) is 7.70. The first-order valence-corrected chi connectivity index (χ1v) is 5.64. The number of aryl methyl sites for hydroxylation is 1. The van der Waals surface area contributed by atoms with E-state index in [1.807, 2.05) is 13.0 Å². The van der Waals surface area contributed by atoms with E-state index in [1.54, 1.807) is 6.26 Å². The van der Waals surface area contributed by atoms with Gasteiger partial charge < -0.3 is 4.42 Å². The second-order valence-electron chi connectivity index (χ2n) is 2.74. The Kier molecular flexibility index (Phi) is 3.19. The lowest BCUT2D eigenvalue weighted by Crippen LogP contribution is -1.86. The molecule has 15 heavy (non-hydrogen) atoms. The largest absolute Gasteiger partial charge is 0.468 e. The Morgan fingerprint density at radius 1 is 1.40 bits per heavy atom. The summed E-state index contributed by atoms with van der Waals surface area (Å²) < 4.78 is 5.17. The molecule has 0 aromatic carbocycles. The molecule has 0 atom stereocenters. The summed E-state index contributed by atoms with van der Waals surface area (Å²) in [6.07, 6.45) is 3.10. The Hall–Kier alpha value is -0.710. The molecule has 0 aliphatic carbocycles. The SMILES string of the molecule is Cc1occc1Sc1nc(Cl)ncc1Cl. The summed E-state index contributed by atoms with van der Waals surface area (Å²) in [7, 11) is 0. The maximum Gasteiger partial charge on any atom is 0.223 e. The minimum absolute atomic E-state index is 0.183. The van der Waals surface area contributed by atoms with Crippen LogP contribution in [0.1, 0.15) is 5.76 Å². The van der Waals surface area contributed by atoms with Gasteiger partial charge in [0.15, 0.2) is 0 Å². The molecule has 0 bridgehead atoms. The average molecular weight is 261 g/mol. The van der Waals surface area contributed by atoms with Crippen molar-refractivity contribution in [1.29, 1.82) is 0 Å². The van der Waals surface area contributed by atoms with Crippen molar-refractivity contribution in [2.24, 2.45) is 0 Å². The second-order valence-corrected chi connectivity index (χ2v) is 4.51. The fourth-order valence-electron chi connectivity index (χ4n) is 0.986. The number of halogens is 2. The molecule has 0 saturated heterocycles. The lowest BCUT2D eigenvalue weighted by atomic mass is 10.5. The van der Waals surface area contributed by atoms with Crippen molar-refractivity contribution in [3.8, 4) is 0 Å². The van der Waals surface area contributed by atoms with Crippen molar-refractivity contribution in [1.82, 2.24) is 9.97 Å². The molecule has 0 radical (unpaired) electrons. The molecule has 0 aliphatic heterocycles. The number of hydrogen-bond acceptors (Lipinski definition) is 4. The summed E-state index contributed by atoms with van der Waals surface area (Å²) in [5, 5.41) is 1.29. The fraction of sp³-hybridized carbons (Fsp3) is 0.111. The predicted octanol–water partition coefficient (Wildman–Crippen LogP) is 3.84. The number of rotatable bonds is 2. The van der Waals surface area contributed by atoms with Crippen LogP contribution in [0.3, 0.4) is 0 Å². The van der Waals surface area contributed by atoms with E-state index in [9.17, 15) is 0 Å². The van der Waals surface area contributed by atoms with Gasteiger partial charge in [0.1, 0.15) is 10.8 Å². The van der Waals surface area contributed by atoms with Gasteiger partial charge in [0, 0.05) is 0 Å². The third kappa shape index (κ3) is 2.45. The van der Waals surface area contributed by atoms with E-state index < -0.39 is 0 Å². The monoisotopic (exact) mass is 260 g/mol. The summed E-state index contributed by atoms with van der Waals surface area (Å²) >= 11 is 13.0. The van der Waals surface area contributed by atoms with Crippen LogP contribution >= 0.6 is 35.0 Å². The Balaban J connectivity index is 2.32. The summed E-state index contributed by atoms with van der Waals surface area (Å²) in [6.45, 7) is 1.87. The third-order valence-corrected chi connectivity index (χ3v) is 3.42. The van der Waals surface area contributed by atoms with E-state index >= 15 is 0 Å². The molecule has 0 aliphatic rings. The Labute approximate surface area is 101 Å². The van der Waals surface area contributed by atoms with Crippen LogP contribution in [0.15, 0.2) is 32.9 Å². The molecule has 2 heterocycles. The first kappa shape index (κ1) is 10.8. The molecular weight excluding hydrogens is 255 g/mol. The molecule has 0 unspecified atom stereocenters. The van der Waals surface area contributed by atoms with Crippen molar-refractivity contribution in [3.05, 3.63) is 34.6 Å². The fourth-order valence-corrected chi connectivity index (χ4v) is 2.18. The Bertz CT molecular complexity index is 487. The lowest BCUT2D eigenvalue weighted by Gasteiger charge is -2.01. The number of nitrogens with zero attached hydrogens (tertiary/aromatic N) is 2.